The summed E-state index contributed by atoms with van der Waals surface area (Å²) in [5.41, 5.74) is 6.18. The van der Waals surface area contributed by atoms with Crippen molar-refractivity contribution in [3.63, 3.8) is 0 Å². The topological polar surface area (TPSA) is 84.2 Å². The molecular formula is C18H16ClN3O2S. The number of nitrogens with two attached hydrogens (primary N) is 1. The lowest BCUT2D eigenvalue weighted by molar-refractivity contribution is 0.0953. The standard InChI is InChI=1S/C18H16ClN3O2S/c19-13-6-5-12(17(23)21-8-7-20)9-14(13)22-18(24)16-10-11-3-1-2-4-15(11)25-16/h1-6,9-10H,7-8,20H2,(H,21,23)(H,22,24). The summed E-state index contributed by atoms with van der Waals surface area (Å²) in [7, 11) is 0. The van der Waals surface area contributed by atoms with Crippen molar-refractivity contribution in [1.29, 1.82) is 0 Å². The van der Waals surface area contributed by atoms with E-state index in [1.54, 1.807) is 18.2 Å². The molecule has 0 bridgehead atoms. The van der Waals surface area contributed by atoms with Crippen molar-refractivity contribution in [3.05, 3.63) is 64.0 Å². The van der Waals surface area contributed by atoms with Crippen molar-refractivity contribution in [2.24, 2.45) is 5.73 Å². The number of nitrogens with one attached hydrogen (secondary N) is 2. The molecule has 7 heteroatoms. The van der Waals surface area contributed by atoms with Crippen LogP contribution in [0.3, 0.4) is 0 Å². The quantitative estimate of drug-likeness (QED) is 0.640. The zero-order chi connectivity index (χ0) is 17.8. The molecule has 5 nitrogen and oxygen atoms in total. The molecule has 3 aromatic rings. The molecule has 0 aliphatic carbocycles. The molecule has 4 N–H and O–H groups in total. The van der Waals surface area contributed by atoms with Crippen LogP contribution in [0.4, 0.5) is 5.69 Å². The van der Waals surface area contributed by atoms with E-state index < -0.39 is 0 Å². The van der Waals surface area contributed by atoms with E-state index in [1.807, 2.05) is 30.3 Å². The number of anilines is 1. The van der Waals surface area contributed by atoms with Crippen molar-refractivity contribution < 1.29 is 9.59 Å². The molecule has 1 heterocycles. The molecule has 3 rings (SSSR count). The van der Waals surface area contributed by atoms with Crippen molar-refractivity contribution in [2.75, 3.05) is 18.4 Å². The third kappa shape index (κ3) is 3.99. The van der Waals surface area contributed by atoms with Crippen LogP contribution in [0.2, 0.25) is 5.02 Å². The molecule has 0 spiro atoms. The molecule has 0 saturated carbocycles. The maximum absolute atomic E-state index is 12.5. The molecule has 0 aliphatic rings. The maximum atomic E-state index is 12.5. The van der Waals surface area contributed by atoms with E-state index in [1.165, 1.54) is 11.3 Å². The number of hydrogen-bond donors (Lipinski definition) is 3. The van der Waals surface area contributed by atoms with Gasteiger partial charge in [0.2, 0.25) is 0 Å². The Morgan fingerprint density at radius 3 is 2.64 bits per heavy atom. The average Bonchev–Trinajstić information content (AvgIpc) is 3.05. The number of carbonyl (C=O) groups excluding carboxylic acids is 2. The van der Waals surface area contributed by atoms with Crippen LogP contribution in [0.1, 0.15) is 20.0 Å². The van der Waals surface area contributed by atoms with E-state index in [0.29, 0.717) is 34.2 Å². The van der Waals surface area contributed by atoms with Crippen LogP contribution >= 0.6 is 22.9 Å². The average molecular weight is 374 g/mol. The van der Waals surface area contributed by atoms with Gasteiger partial charge in [-0.1, -0.05) is 29.8 Å². The Hall–Kier alpha value is -2.41. The Morgan fingerprint density at radius 2 is 1.88 bits per heavy atom. The molecule has 25 heavy (non-hydrogen) atoms. The first-order valence-electron chi connectivity index (χ1n) is 7.66. The molecule has 0 aliphatic heterocycles. The number of halogens is 1. The first kappa shape index (κ1) is 17.4. The second kappa shape index (κ2) is 7.65. The SMILES string of the molecule is NCCNC(=O)c1ccc(Cl)c(NC(=O)c2cc3ccccc3s2)c1. The van der Waals surface area contributed by atoms with Gasteiger partial charge in [0.1, 0.15) is 0 Å². The molecule has 1 aromatic heterocycles. The minimum Gasteiger partial charge on any atom is -0.351 e. The van der Waals surface area contributed by atoms with Gasteiger partial charge in [0.05, 0.1) is 15.6 Å². The van der Waals surface area contributed by atoms with E-state index in [9.17, 15) is 9.59 Å². The van der Waals surface area contributed by atoms with Gasteiger partial charge >= 0.3 is 0 Å². The number of thiophene rings is 1. The van der Waals surface area contributed by atoms with Crippen molar-refractivity contribution in [1.82, 2.24) is 5.32 Å². The highest BCUT2D eigenvalue weighted by atomic mass is 35.5. The van der Waals surface area contributed by atoms with Crippen LogP contribution in [0.25, 0.3) is 10.1 Å². The minimum atomic E-state index is -0.264. The number of rotatable bonds is 5. The van der Waals surface area contributed by atoms with E-state index in [0.717, 1.165) is 10.1 Å². The highest BCUT2D eigenvalue weighted by molar-refractivity contribution is 7.20. The van der Waals surface area contributed by atoms with E-state index >= 15 is 0 Å². The zero-order valence-electron chi connectivity index (χ0n) is 13.2. The van der Waals surface area contributed by atoms with Gasteiger partial charge in [0.15, 0.2) is 0 Å². The third-order valence-electron chi connectivity index (χ3n) is 3.56. The van der Waals surface area contributed by atoms with Crippen LogP contribution in [-0.2, 0) is 0 Å². The molecular weight excluding hydrogens is 358 g/mol. The van der Waals surface area contributed by atoms with Gasteiger partial charge in [-0.05, 0) is 35.7 Å². The Bertz CT molecular complexity index is 906. The summed E-state index contributed by atoms with van der Waals surface area (Å²) in [4.78, 5) is 25.1. The van der Waals surface area contributed by atoms with E-state index in [-0.39, 0.29) is 11.8 Å². The summed E-state index contributed by atoms with van der Waals surface area (Å²) < 4.78 is 1.04. The van der Waals surface area contributed by atoms with Gasteiger partial charge in [0, 0.05) is 23.4 Å². The lowest BCUT2D eigenvalue weighted by atomic mass is 10.2. The largest absolute Gasteiger partial charge is 0.351 e. The van der Waals surface area contributed by atoms with Crippen LogP contribution < -0.4 is 16.4 Å². The first-order chi connectivity index (χ1) is 12.1. The number of amides is 2. The fourth-order valence-corrected chi connectivity index (χ4v) is 3.45. The van der Waals surface area contributed by atoms with E-state index in [2.05, 4.69) is 10.6 Å². The lowest BCUT2D eigenvalue weighted by Crippen LogP contribution is -2.29. The number of benzene rings is 2. The third-order valence-corrected chi connectivity index (χ3v) is 5.00. The van der Waals surface area contributed by atoms with Gasteiger partial charge in [-0.2, -0.15) is 0 Å². The number of fused-ring (bicyclic) bond motifs is 1. The normalized spacial score (nSPS) is 10.6. The van der Waals surface area contributed by atoms with Crippen molar-refractivity contribution in [2.45, 2.75) is 0 Å². The van der Waals surface area contributed by atoms with Crippen LogP contribution in [-0.4, -0.2) is 24.9 Å². The van der Waals surface area contributed by atoms with Crippen LogP contribution in [0, 0.1) is 0 Å². The first-order valence-corrected chi connectivity index (χ1v) is 8.85. The highest BCUT2D eigenvalue weighted by Crippen LogP contribution is 2.28. The van der Waals surface area contributed by atoms with E-state index in [4.69, 9.17) is 17.3 Å². The summed E-state index contributed by atoms with van der Waals surface area (Å²) in [5.74, 6) is -0.526. The van der Waals surface area contributed by atoms with Gasteiger partial charge in [-0.25, -0.2) is 0 Å². The molecule has 0 atom stereocenters. The highest BCUT2D eigenvalue weighted by Gasteiger charge is 2.14. The summed E-state index contributed by atoms with van der Waals surface area (Å²) in [6.07, 6.45) is 0. The Kier molecular flexibility index (Phi) is 5.33. The second-order valence-corrected chi connectivity index (χ2v) is 6.83. The fourth-order valence-electron chi connectivity index (χ4n) is 2.33. The zero-order valence-corrected chi connectivity index (χ0v) is 14.8. The van der Waals surface area contributed by atoms with Gasteiger partial charge in [-0.3, -0.25) is 9.59 Å². The van der Waals surface area contributed by atoms with Gasteiger partial charge in [-0.15, -0.1) is 11.3 Å². The monoisotopic (exact) mass is 373 g/mol. The van der Waals surface area contributed by atoms with Crippen molar-refractivity contribution in [3.8, 4) is 0 Å². The lowest BCUT2D eigenvalue weighted by Gasteiger charge is -2.09. The molecule has 0 radical (unpaired) electrons. The number of hydrogen-bond acceptors (Lipinski definition) is 4. The molecule has 0 unspecified atom stereocenters. The predicted octanol–water partition coefficient (Wildman–Crippen LogP) is 3.50. The predicted molar refractivity (Wildman–Crippen MR) is 103 cm³/mol. The maximum Gasteiger partial charge on any atom is 0.265 e. The van der Waals surface area contributed by atoms with Crippen LogP contribution in [0.15, 0.2) is 48.5 Å². The Morgan fingerprint density at radius 1 is 1.08 bits per heavy atom. The van der Waals surface area contributed by atoms with Gasteiger partial charge < -0.3 is 16.4 Å². The minimum absolute atomic E-state index is 0.261. The summed E-state index contributed by atoms with van der Waals surface area (Å²) in [5, 5.41) is 6.83. The summed E-state index contributed by atoms with van der Waals surface area (Å²) in [6, 6.07) is 14.4. The second-order valence-electron chi connectivity index (χ2n) is 5.34. The Balaban J connectivity index is 1.81. The Labute approximate surface area is 153 Å². The summed E-state index contributed by atoms with van der Waals surface area (Å²) in [6.45, 7) is 0.736. The van der Waals surface area contributed by atoms with Crippen LogP contribution in [0.5, 0.6) is 0 Å². The summed E-state index contributed by atoms with van der Waals surface area (Å²) >= 11 is 7.56. The van der Waals surface area contributed by atoms with Gasteiger partial charge in [0.25, 0.3) is 11.8 Å². The van der Waals surface area contributed by atoms with Crippen molar-refractivity contribution >= 4 is 50.5 Å². The molecule has 128 valence electrons. The molecule has 0 saturated heterocycles. The number of carbonyl (C=O) groups is 2. The molecule has 2 aromatic carbocycles. The molecule has 0 fully saturated rings. The smallest absolute Gasteiger partial charge is 0.265 e. The molecule has 2 amide bonds. The fraction of sp³-hybridized carbons (Fsp3) is 0.111.